The Balaban J connectivity index is 2.28. The van der Waals surface area contributed by atoms with E-state index in [1.54, 1.807) is 37.3 Å². The fourth-order valence-corrected chi connectivity index (χ4v) is 4.57. The average Bonchev–Trinajstić information content (AvgIpc) is 2.77. The van der Waals surface area contributed by atoms with Crippen molar-refractivity contribution in [1.82, 2.24) is 14.5 Å². The number of sulfonamides is 1. The zero-order chi connectivity index (χ0) is 25.6. The molecule has 0 radical (unpaired) electrons. The molecule has 186 valence electrons. The summed E-state index contributed by atoms with van der Waals surface area (Å²) in [4.78, 5) is 27.5. The minimum absolute atomic E-state index is 0.0599. The van der Waals surface area contributed by atoms with E-state index in [9.17, 15) is 18.0 Å². The normalized spacial score (nSPS) is 12.6. The summed E-state index contributed by atoms with van der Waals surface area (Å²) < 4.78 is 26.9. The third-order valence-electron chi connectivity index (χ3n) is 5.28. The lowest BCUT2D eigenvalue weighted by Crippen LogP contribution is -2.51. The minimum atomic E-state index is -3.89. The van der Waals surface area contributed by atoms with Crippen LogP contribution in [0.15, 0.2) is 47.4 Å². The van der Waals surface area contributed by atoms with E-state index in [0.29, 0.717) is 22.2 Å². The summed E-state index contributed by atoms with van der Waals surface area (Å²) in [6, 6.07) is 10.5. The van der Waals surface area contributed by atoms with E-state index in [2.05, 4.69) is 5.32 Å². The van der Waals surface area contributed by atoms with Crippen LogP contribution in [0.4, 0.5) is 0 Å². The van der Waals surface area contributed by atoms with Crippen LogP contribution in [0.5, 0.6) is 0 Å². The van der Waals surface area contributed by atoms with Crippen LogP contribution in [0.3, 0.4) is 0 Å². The number of halogens is 2. The standard InChI is InChI=1S/C24H31Cl2N3O4S/c1-16(2)13-27-24(31)18(4)29(14-19-8-11-21(25)22(26)12-19)23(30)15-28(5)34(32,33)20-9-6-17(3)7-10-20/h6-12,16,18H,13-15H2,1-5H3,(H,27,31)/t18-/m0/s1. The number of carbonyl (C=O) groups is 2. The number of rotatable bonds is 10. The van der Waals surface area contributed by atoms with E-state index >= 15 is 0 Å². The molecule has 10 heteroatoms. The van der Waals surface area contributed by atoms with Crippen molar-refractivity contribution in [3.05, 3.63) is 63.6 Å². The Morgan fingerprint density at radius 3 is 2.18 bits per heavy atom. The molecule has 0 spiro atoms. The third kappa shape index (κ3) is 7.43. The highest BCUT2D eigenvalue weighted by Crippen LogP contribution is 2.24. The second kappa shape index (κ2) is 12.0. The van der Waals surface area contributed by atoms with E-state index in [1.807, 2.05) is 20.8 Å². The summed E-state index contributed by atoms with van der Waals surface area (Å²) in [6.07, 6.45) is 0. The average molecular weight is 529 g/mol. The Morgan fingerprint density at radius 2 is 1.62 bits per heavy atom. The Kier molecular flexibility index (Phi) is 9.94. The number of benzene rings is 2. The summed E-state index contributed by atoms with van der Waals surface area (Å²) in [5.74, 6) is -0.608. The van der Waals surface area contributed by atoms with Gasteiger partial charge in [-0.25, -0.2) is 8.42 Å². The highest BCUT2D eigenvalue weighted by atomic mass is 35.5. The molecular weight excluding hydrogens is 497 g/mol. The molecule has 0 saturated carbocycles. The Hall–Kier alpha value is -2.13. The highest BCUT2D eigenvalue weighted by Gasteiger charge is 2.30. The van der Waals surface area contributed by atoms with Crippen molar-refractivity contribution in [2.24, 2.45) is 5.92 Å². The first-order chi connectivity index (χ1) is 15.8. The van der Waals surface area contributed by atoms with Gasteiger partial charge in [-0.3, -0.25) is 9.59 Å². The lowest BCUT2D eigenvalue weighted by molar-refractivity contribution is -0.140. The van der Waals surface area contributed by atoms with E-state index < -0.39 is 28.5 Å². The Bertz CT molecular complexity index is 1120. The van der Waals surface area contributed by atoms with Gasteiger partial charge in [0.15, 0.2) is 0 Å². The van der Waals surface area contributed by atoms with Crippen LogP contribution in [-0.4, -0.2) is 55.6 Å². The van der Waals surface area contributed by atoms with Crippen LogP contribution in [0.1, 0.15) is 31.9 Å². The quantitative estimate of drug-likeness (QED) is 0.503. The third-order valence-corrected chi connectivity index (χ3v) is 7.83. The van der Waals surface area contributed by atoms with Gasteiger partial charge in [0.2, 0.25) is 21.8 Å². The van der Waals surface area contributed by atoms with Gasteiger partial charge in [0.05, 0.1) is 21.5 Å². The van der Waals surface area contributed by atoms with Crippen LogP contribution < -0.4 is 5.32 Å². The maximum atomic E-state index is 13.3. The molecule has 0 unspecified atom stereocenters. The zero-order valence-corrected chi connectivity index (χ0v) is 22.3. The first-order valence-corrected chi connectivity index (χ1v) is 13.1. The van der Waals surface area contributed by atoms with E-state index in [-0.39, 0.29) is 23.3 Å². The van der Waals surface area contributed by atoms with Crippen LogP contribution in [0, 0.1) is 12.8 Å². The van der Waals surface area contributed by atoms with Crippen molar-refractivity contribution in [3.8, 4) is 0 Å². The molecule has 0 aliphatic heterocycles. The van der Waals surface area contributed by atoms with Gasteiger partial charge in [0.1, 0.15) is 6.04 Å². The summed E-state index contributed by atoms with van der Waals surface area (Å²) >= 11 is 12.1. The van der Waals surface area contributed by atoms with Crippen molar-refractivity contribution in [1.29, 1.82) is 0 Å². The molecule has 1 atom stereocenters. The number of amides is 2. The van der Waals surface area contributed by atoms with Crippen molar-refractivity contribution in [2.45, 2.75) is 45.2 Å². The van der Waals surface area contributed by atoms with Crippen molar-refractivity contribution in [3.63, 3.8) is 0 Å². The second-order valence-electron chi connectivity index (χ2n) is 8.66. The molecule has 0 aromatic heterocycles. The van der Waals surface area contributed by atoms with Gasteiger partial charge >= 0.3 is 0 Å². The lowest BCUT2D eigenvalue weighted by Gasteiger charge is -2.30. The SMILES string of the molecule is Cc1ccc(S(=O)(=O)N(C)CC(=O)N(Cc2ccc(Cl)c(Cl)c2)[C@@H](C)C(=O)NCC(C)C)cc1. The molecule has 1 N–H and O–H groups in total. The largest absolute Gasteiger partial charge is 0.354 e. The molecular formula is C24H31Cl2N3O4S. The second-order valence-corrected chi connectivity index (χ2v) is 11.5. The van der Waals surface area contributed by atoms with Gasteiger partial charge in [0, 0.05) is 20.1 Å². The smallest absolute Gasteiger partial charge is 0.243 e. The van der Waals surface area contributed by atoms with Crippen LogP contribution >= 0.6 is 23.2 Å². The first-order valence-electron chi connectivity index (χ1n) is 10.9. The maximum Gasteiger partial charge on any atom is 0.243 e. The number of likely N-dealkylation sites (N-methyl/N-ethyl adjacent to an activating group) is 1. The number of aryl methyl sites for hydroxylation is 1. The minimum Gasteiger partial charge on any atom is -0.354 e. The summed E-state index contributed by atoms with van der Waals surface area (Å²) in [5.41, 5.74) is 1.59. The summed E-state index contributed by atoms with van der Waals surface area (Å²) in [5, 5.41) is 3.52. The van der Waals surface area contributed by atoms with Crippen LogP contribution in [0.25, 0.3) is 0 Å². The molecule has 2 aromatic carbocycles. The zero-order valence-electron chi connectivity index (χ0n) is 20.0. The number of nitrogens with zero attached hydrogens (tertiary/aromatic N) is 2. The van der Waals surface area contributed by atoms with E-state index in [0.717, 1.165) is 9.87 Å². The molecule has 2 aromatic rings. The fraction of sp³-hybridized carbons (Fsp3) is 0.417. The molecule has 0 aliphatic carbocycles. The summed E-state index contributed by atoms with van der Waals surface area (Å²) in [7, 11) is -2.55. The molecule has 0 aliphatic rings. The molecule has 34 heavy (non-hydrogen) atoms. The van der Waals surface area contributed by atoms with Crippen molar-refractivity contribution in [2.75, 3.05) is 20.1 Å². The molecule has 2 rings (SSSR count). The molecule has 0 heterocycles. The lowest BCUT2D eigenvalue weighted by atomic mass is 10.1. The number of nitrogens with one attached hydrogen (secondary N) is 1. The molecule has 0 bridgehead atoms. The molecule has 0 fully saturated rings. The van der Waals surface area contributed by atoms with Gasteiger partial charge in [-0.2, -0.15) is 4.31 Å². The monoisotopic (exact) mass is 527 g/mol. The van der Waals surface area contributed by atoms with Gasteiger partial charge in [-0.05, 0) is 49.6 Å². The van der Waals surface area contributed by atoms with Gasteiger partial charge in [-0.15, -0.1) is 0 Å². The van der Waals surface area contributed by atoms with Crippen molar-refractivity contribution < 1.29 is 18.0 Å². The highest BCUT2D eigenvalue weighted by molar-refractivity contribution is 7.89. The predicted molar refractivity (Wildman–Crippen MR) is 135 cm³/mol. The molecule has 0 saturated heterocycles. The van der Waals surface area contributed by atoms with Crippen LogP contribution in [0.2, 0.25) is 10.0 Å². The maximum absolute atomic E-state index is 13.3. The van der Waals surface area contributed by atoms with E-state index in [1.165, 1.54) is 24.1 Å². The number of hydrogen-bond acceptors (Lipinski definition) is 4. The summed E-state index contributed by atoms with van der Waals surface area (Å²) in [6.45, 7) is 7.49. The topological polar surface area (TPSA) is 86.8 Å². The first kappa shape index (κ1) is 28.1. The Labute approximate surface area is 212 Å². The van der Waals surface area contributed by atoms with E-state index in [4.69, 9.17) is 23.2 Å². The van der Waals surface area contributed by atoms with Gasteiger partial charge in [0.25, 0.3) is 0 Å². The number of carbonyl (C=O) groups excluding carboxylic acids is 2. The fourth-order valence-electron chi connectivity index (χ4n) is 3.13. The van der Waals surface area contributed by atoms with Gasteiger partial charge < -0.3 is 10.2 Å². The molecule has 2 amide bonds. The Morgan fingerprint density at radius 1 is 1.00 bits per heavy atom. The number of hydrogen-bond donors (Lipinski definition) is 1. The van der Waals surface area contributed by atoms with Crippen LogP contribution in [-0.2, 0) is 26.2 Å². The molecule has 7 nitrogen and oxygen atoms in total. The van der Waals surface area contributed by atoms with Gasteiger partial charge in [-0.1, -0.05) is 60.8 Å². The predicted octanol–water partition coefficient (Wildman–Crippen LogP) is 4.11. The van der Waals surface area contributed by atoms with Crippen molar-refractivity contribution >= 4 is 45.0 Å².